The van der Waals surface area contributed by atoms with Crippen LogP contribution >= 0.6 is 0 Å². The molecule has 1 aliphatic carbocycles. The molecule has 0 bridgehead atoms. The summed E-state index contributed by atoms with van der Waals surface area (Å²) in [6, 6.07) is 0. The summed E-state index contributed by atoms with van der Waals surface area (Å²) in [7, 11) is -1.04. The van der Waals surface area contributed by atoms with Gasteiger partial charge in [-0.15, -0.1) is 0 Å². The summed E-state index contributed by atoms with van der Waals surface area (Å²) >= 11 is 0. The molecule has 0 radical (unpaired) electrons. The Kier molecular flexibility index (Phi) is 4.59. The summed E-state index contributed by atoms with van der Waals surface area (Å²) in [5.74, 6) is 1.49. The quantitative estimate of drug-likeness (QED) is 0.573. The molecule has 3 atom stereocenters. The van der Waals surface area contributed by atoms with E-state index in [1.165, 1.54) is 12.8 Å². The molecule has 1 N–H and O–H groups in total. The maximum absolute atomic E-state index is 8.93. The maximum Gasteiger partial charge on any atom is 0.0479 e. The van der Waals surface area contributed by atoms with Crippen molar-refractivity contribution in [3.05, 3.63) is 12.2 Å². The monoisotopic (exact) mass is 226 g/mol. The zero-order valence-electron chi connectivity index (χ0n) is 10.7. The van der Waals surface area contributed by atoms with Gasteiger partial charge in [0, 0.05) is 14.7 Å². The molecule has 0 heterocycles. The third kappa shape index (κ3) is 3.76. The minimum atomic E-state index is -1.04. The first-order valence-electron chi connectivity index (χ1n) is 6.24. The topological polar surface area (TPSA) is 20.2 Å². The second-order valence-electron chi connectivity index (χ2n) is 6.10. The first-order valence-corrected chi connectivity index (χ1v) is 9.82. The summed E-state index contributed by atoms with van der Waals surface area (Å²) in [6.07, 6.45) is 8.30. The molecule has 0 aromatic heterocycles. The van der Waals surface area contributed by atoms with Crippen LogP contribution in [0.2, 0.25) is 25.2 Å². The van der Waals surface area contributed by atoms with E-state index in [4.69, 9.17) is 5.11 Å². The van der Waals surface area contributed by atoms with Gasteiger partial charge in [-0.25, -0.2) is 0 Å². The molecular weight excluding hydrogens is 200 g/mol. The molecule has 1 nitrogen and oxygen atoms in total. The van der Waals surface area contributed by atoms with Crippen LogP contribution in [0.1, 0.15) is 26.2 Å². The average Bonchev–Trinajstić information content (AvgIpc) is 2.14. The predicted molar refractivity (Wildman–Crippen MR) is 69.8 cm³/mol. The van der Waals surface area contributed by atoms with Crippen LogP contribution in [0.5, 0.6) is 0 Å². The van der Waals surface area contributed by atoms with Gasteiger partial charge < -0.3 is 5.11 Å². The summed E-state index contributed by atoms with van der Waals surface area (Å²) in [6.45, 7) is 10.1. The predicted octanol–water partition coefficient (Wildman–Crippen LogP) is 3.68. The van der Waals surface area contributed by atoms with E-state index < -0.39 is 8.07 Å². The Labute approximate surface area is 95.6 Å². The summed E-state index contributed by atoms with van der Waals surface area (Å²) in [5, 5.41) is 8.93. The number of rotatable bonds is 4. The molecule has 0 aromatic carbocycles. The number of aliphatic hydroxyl groups is 1. The van der Waals surface area contributed by atoms with E-state index in [9.17, 15) is 0 Å². The molecule has 2 heteroatoms. The van der Waals surface area contributed by atoms with Crippen molar-refractivity contribution in [1.29, 1.82) is 0 Å². The lowest BCUT2D eigenvalue weighted by atomic mass is 9.86. The van der Waals surface area contributed by atoms with Crippen molar-refractivity contribution in [2.45, 2.75) is 51.4 Å². The Morgan fingerprint density at radius 2 is 1.93 bits per heavy atom. The van der Waals surface area contributed by atoms with Gasteiger partial charge in [-0.05, 0) is 36.6 Å². The van der Waals surface area contributed by atoms with Crippen molar-refractivity contribution in [1.82, 2.24) is 0 Å². The van der Waals surface area contributed by atoms with E-state index in [-0.39, 0.29) is 0 Å². The fourth-order valence-electron chi connectivity index (χ4n) is 2.74. The van der Waals surface area contributed by atoms with Gasteiger partial charge in [0.05, 0.1) is 0 Å². The molecule has 0 amide bonds. The fourth-order valence-corrected chi connectivity index (χ4v) is 5.38. The molecule has 0 aliphatic heterocycles. The molecule has 0 spiro atoms. The fraction of sp³-hybridized carbons (Fsp3) is 0.846. The van der Waals surface area contributed by atoms with Crippen LogP contribution in [0.15, 0.2) is 12.2 Å². The van der Waals surface area contributed by atoms with Gasteiger partial charge in [-0.1, -0.05) is 38.7 Å². The Morgan fingerprint density at radius 3 is 2.47 bits per heavy atom. The minimum Gasteiger partial charge on any atom is -0.396 e. The highest BCUT2D eigenvalue weighted by Gasteiger charge is 2.34. The number of hydrogen-bond donors (Lipinski definition) is 1. The van der Waals surface area contributed by atoms with Crippen LogP contribution in [-0.2, 0) is 0 Å². The van der Waals surface area contributed by atoms with Crippen molar-refractivity contribution in [3.63, 3.8) is 0 Å². The van der Waals surface area contributed by atoms with Gasteiger partial charge in [0.25, 0.3) is 0 Å². The molecule has 0 fully saturated rings. The normalized spacial score (nSPS) is 31.9. The van der Waals surface area contributed by atoms with Crippen molar-refractivity contribution < 1.29 is 5.11 Å². The van der Waals surface area contributed by atoms with Crippen LogP contribution in [0, 0.1) is 11.8 Å². The number of aliphatic hydroxyl groups excluding tert-OH is 1. The zero-order valence-corrected chi connectivity index (χ0v) is 11.7. The largest absolute Gasteiger partial charge is 0.396 e. The molecule has 88 valence electrons. The van der Waals surface area contributed by atoms with Gasteiger partial charge in [-0.2, -0.15) is 0 Å². The Balaban J connectivity index is 2.68. The molecule has 1 unspecified atom stereocenters. The van der Waals surface area contributed by atoms with Crippen LogP contribution in [0.3, 0.4) is 0 Å². The molecule has 0 saturated carbocycles. The number of hydrogen-bond acceptors (Lipinski definition) is 1. The lowest BCUT2D eigenvalue weighted by Gasteiger charge is -2.38. The maximum atomic E-state index is 8.93. The van der Waals surface area contributed by atoms with Crippen LogP contribution in [0.4, 0.5) is 0 Å². The smallest absolute Gasteiger partial charge is 0.0479 e. The van der Waals surface area contributed by atoms with Crippen LogP contribution in [0.25, 0.3) is 0 Å². The van der Waals surface area contributed by atoms with E-state index in [0.29, 0.717) is 6.61 Å². The summed E-state index contributed by atoms with van der Waals surface area (Å²) in [5.41, 5.74) is 0.907. The van der Waals surface area contributed by atoms with E-state index in [2.05, 4.69) is 38.7 Å². The van der Waals surface area contributed by atoms with Gasteiger partial charge in [0.2, 0.25) is 0 Å². The molecule has 1 aliphatic rings. The van der Waals surface area contributed by atoms with E-state index in [0.717, 1.165) is 23.8 Å². The third-order valence-electron chi connectivity index (χ3n) is 3.64. The standard InChI is InChI=1S/C13H26OSi/c1-11-7-8-12(6-5-9-14)13(10-11)15(2,3)4/h7-8,11-14H,5-6,9-10H2,1-4H3/t11-,12+,13?/m1/s1. The molecule has 0 aromatic rings. The van der Waals surface area contributed by atoms with Gasteiger partial charge in [-0.3, -0.25) is 0 Å². The summed E-state index contributed by atoms with van der Waals surface area (Å²) in [4.78, 5) is 0. The zero-order chi connectivity index (χ0) is 11.5. The van der Waals surface area contributed by atoms with Crippen molar-refractivity contribution in [2.75, 3.05) is 6.61 Å². The van der Waals surface area contributed by atoms with E-state index in [1.54, 1.807) is 0 Å². The van der Waals surface area contributed by atoms with Crippen LogP contribution < -0.4 is 0 Å². The van der Waals surface area contributed by atoms with Gasteiger partial charge >= 0.3 is 0 Å². The molecule has 0 saturated heterocycles. The lowest BCUT2D eigenvalue weighted by Crippen LogP contribution is -2.35. The Hall–Kier alpha value is -0.0831. The van der Waals surface area contributed by atoms with E-state index in [1.807, 2.05) is 0 Å². The lowest BCUT2D eigenvalue weighted by molar-refractivity contribution is 0.272. The SMILES string of the molecule is C[C@@H]1C=C[C@H](CCCO)C([Si](C)(C)C)C1. The Morgan fingerprint density at radius 1 is 1.27 bits per heavy atom. The second-order valence-corrected chi connectivity index (χ2v) is 11.6. The second kappa shape index (κ2) is 5.31. The highest BCUT2D eigenvalue weighted by atomic mass is 28.3. The highest BCUT2D eigenvalue weighted by Crippen LogP contribution is 2.42. The minimum absolute atomic E-state index is 0.346. The van der Waals surface area contributed by atoms with Crippen molar-refractivity contribution in [2.24, 2.45) is 11.8 Å². The summed E-state index contributed by atoms with van der Waals surface area (Å²) < 4.78 is 0. The van der Waals surface area contributed by atoms with Crippen molar-refractivity contribution >= 4 is 8.07 Å². The van der Waals surface area contributed by atoms with Gasteiger partial charge in [0.15, 0.2) is 0 Å². The van der Waals surface area contributed by atoms with Crippen LogP contribution in [-0.4, -0.2) is 19.8 Å². The molecular formula is C13H26OSi. The van der Waals surface area contributed by atoms with Crippen molar-refractivity contribution in [3.8, 4) is 0 Å². The first kappa shape index (κ1) is 13.0. The molecule has 15 heavy (non-hydrogen) atoms. The number of allylic oxidation sites excluding steroid dienone is 2. The van der Waals surface area contributed by atoms with E-state index >= 15 is 0 Å². The molecule has 1 rings (SSSR count). The third-order valence-corrected chi connectivity index (χ3v) is 6.53. The highest BCUT2D eigenvalue weighted by molar-refractivity contribution is 6.77. The average molecular weight is 226 g/mol. The Bertz CT molecular complexity index is 217. The first-order chi connectivity index (χ1) is 6.95. The van der Waals surface area contributed by atoms with Gasteiger partial charge in [0.1, 0.15) is 0 Å².